The molecule has 0 bridgehead atoms. The van der Waals surface area contributed by atoms with Crippen molar-refractivity contribution in [1.29, 1.82) is 0 Å². The first kappa shape index (κ1) is 18.0. The summed E-state index contributed by atoms with van der Waals surface area (Å²) >= 11 is 0. The molecule has 0 spiro atoms. The molecule has 0 radical (unpaired) electrons. The highest BCUT2D eigenvalue weighted by atomic mass is 16.6. The van der Waals surface area contributed by atoms with Gasteiger partial charge in [-0.25, -0.2) is 0 Å². The quantitative estimate of drug-likeness (QED) is 0.509. The van der Waals surface area contributed by atoms with E-state index in [1.165, 1.54) is 0 Å². The van der Waals surface area contributed by atoms with Crippen LogP contribution >= 0.6 is 0 Å². The van der Waals surface area contributed by atoms with Gasteiger partial charge in [0.1, 0.15) is 0 Å². The SMILES string of the molecule is CC(C)OC(=O)C(CCCC1CCCO1)C(=O)OC(C)C. The highest BCUT2D eigenvalue weighted by Gasteiger charge is 2.31. The summed E-state index contributed by atoms with van der Waals surface area (Å²) in [5, 5.41) is 0. The summed E-state index contributed by atoms with van der Waals surface area (Å²) in [5.41, 5.74) is 0. The molecule has 0 aromatic carbocycles. The lowest BCUT2D eigenvalue weighted by atomic mass is 9.99. The van der Waals surface area contributed by atoms with Crippen LogP contribution in [0.15, 0.2) is 0 Å². The molecule has 1 rings (SSSR count). The number of carbonyl (C=O) groups is 2. The Balaban J connectivity index is 2.49. The van der Waals surface area contributed by atoms with Crippen LogP contribution in [-0.4, -0.2) is 36.9 Å². The monoisotopic (exact) mass is 300 g/mol. The van der Waals surface area contributed by atoms with Crippen LogP contribution in [0.4, 0.5) is 0 Å². The van der Waals surface area contributed by atoms with Crippen molar-refractivity contribution in [1.82, 2.24) is 0 Å². The Hall–Kier alpha value is -1.10. The molecule has 1 atom stereocenters. The van der Waals surface area contributed by atoms with Crippen LogP contribution in [0.25, 0.3) is 0 Å². The van der Waals surface area contributed by atoms with Gasteiger partial charge in [0.15, 0.2) is 5.92 Å². The van der Waals surface area contributed by atoms with Gasteiger partial charge in [0.05, 0.1) is 18.3 Å². The van der Waals surface area contributed by atoms with Crippen LogP contribution in [0.1, 0.15) is 59.8 Å². The van der Waals surface area contributed by atoms with E-state index in [0.717, 1.165) is 32.3 Å². The molecule has 1 aliphatic heterocycles. The Morgan fingerprint density at radius 2 is 1.67 bits per heavy atom. The van der Waals surface area contributed by atoms with Gasteiger partial charge >= 0.3 is 11.9 Å². The molecular formula is C16H28O5. The van der Waals surface area contributed by atoms with Crippen molar-refractivity contribution in [2.75, 3.05) is 6.61 Å². The average molecular weight is 300 g/mol. The van der Waals surface area contributed by atoms with Gasteiger partial charge in [-0.05, 0) is 59.8 Å². The van der Waals surface area contributed by atoms with E-state index in [1.54, 1.807) is 27.7 Å². The Morgan fingerprint density at radius 3 is 2.10 bits per heavy atom. The molecule has 1 saturated heterocycles. The Morgan fingerprint density at radius 1 is 1.10 bits per heavy atom. The third-order valence-corrected chi connectivity index (χ3v) is 3.32. The van der Waals surface area contributed by atoms with Crippen molar-refractivity contribution >= 4 is 11.9 Å². The minimum absolute atomic E-state index is 0.231. The normalized spacial score (nSPS) is 18.5. The molecule has 5 heteroatoms. The average Bonchev–Trinajstić information content (AvgIpc) is 2.85. The fourth-order valence-electron chi connectivity index (χ4n) is 2.38. The third kappa shape index (κ3) is 6.93. The predicted octanol–water partition coefficient (Wildman–Crippen LogP) is 2.86. The number of ether oxygens (including phenoxy) is 3. The van der Waals surface area contributed by atoms with Gasteiger partial charge in [-0.3, -0.25) is 9.59 Å². The van der Waals surface area contributed by atoms with E-state index in [-0.39, 0.29) is 18.3 Å². The first-order chi connectivity index (χ1) is 9.90. The largest absolute Gasteiger partial charge is 0.462 e. The number of carbonyl (C=O) groups excluding carboxylic acids is 2. The molecule has 5 nitrogen and oxygen atoms in total. The van der Waals surface area contributed by atoms with E-state index in [4.69, 9.17) is 14.2 Å². The molecule has 0 aliphatic carbocycles. The van der Waals surface area contributed by atoms with Gasteiger partial charge in [-0.1, -0.05) is 0 Å². The zero-order valence-electron chi connectivity index (χ0n) is 13.6. The summed E-state index contributed by atoms with van der Waals surface area (Å²) < 4.78 is 15.9. The topological polar surface area (TPSA) is 61.8 Å². The Labute approximate surface area is 127 Å². The highest BCUT2D eigenvalue weighted by Crippen LogP contribution is 2.21. The van der Waals surface area contributed by atoms with Gasteiger partial charge in [-0.15, -0.1) is 0 Å². The maximum Gasteiger partial charge on any atom is 0.320 e. The smallest absolute Gasteiger partial charge is 0.320 e. The van der Waals surface area contributed by atoms with E-state index in [2.05, 4.69) is 0 Å². The molecule has 0 amide bonds. The maximum absolute atomic E-state index is 12.0. The van der Waals surface area contributed by atoms with Crippen molar-refractivity contribution < 1.29 is 23.8 Å². The zero-order valence-corrected chi connectivity index (χ0v) is 13.6. The van der Waals surface area contributed by atoms with Crippen molar-refractivity contribution in [3.8, 4) is 0 Å². The summed E-state index contributed by atoms with van der Waals surface area (Å²) in [4.78, 5) is 24.1. The van der Waals surface area contributed by atoms with E-state index in [9.17, 15) is 9.59 Å². The second kappa shape index (κ2) is 9.03. The van der Waals surface area contributed by atoms with Gasteiger partial charge in [0.25, 0.3) is 0 Å². The second-order valence-corrected chi connectivity index (χ2v) is 6.09. The zero-order chi connectivity index (χ0) is 15.8. The van der Waals surface area contributed by atoms with Crippen LogP contribution in [0.5, 0.6) is 0 Å². The van der Waals surface area contributed by atoms with Gasteiger partial charge < -0.3 is 14.2 Å². The molecule has 0 N–H and O–H groups in total. The van der Waals surface area contributed by atoms with Gasteiger partial charge in [0, 0.05) is 6.61 Å². The van der Waals surface area contributed by atoms with Crippen LogP contribution in [0.2, 0.25) is 0 Å². The summed E-state index contributed by atoms with van der Waals surface area (Å²) in [6.07, 6.45) is 4.06. The minimum atomic E-state index is -0.823. The molecule has 1 unspecified atom stereocenters. The number of rotatable bonds is 8. The standard InChI is InChI=1S/C16H28O5/c1-11(2)20-15(17)14(16(18)21-12(3)4)9-5-7-13-8-6-10-19-13/h11-14H,5-10H2,1-4H3. The first-order valence-corrected chi connectivity index (χ1v) is 7.92. The van der Waals surface area contributed by atoms with Crippen molar-refractivity contribution in [3.63, 3.8) is 0 Å². The summed E-state index contributed by atoms with van der Waals surface area (Å²) in [6, 6.07) is 0. The lowest BCUT2D eigenvalue weighted by Crippen LogP contribution is -2.31. The molecule has 122 valence electrons. The van der Waals surface area contributed by atoms with E-state index >= 15 is 0 Å². The molecule has 21 heavy (non-hydrogen) atoms. The molecule has 0 saturated carbocycles. The minimum Gasteiger partial charge on any atom is -0.462 e. The van der Waals surface area contributed by atoms with E-state index in [0.29, 0.717) is 6.42 Å². The molecular weight excluding hydrogens is 272 g/mol. The summed E-state index contributed by atoms with van der Waals surface area (Å²) in [6.45, 7) is 7.91. The van der Waals surface area contributed by atoms with Crippen LogP contribution < -0.4 is 0 Å². The summed E-state index contributed by atoms with van der Waals surface area (Å²) in [7, 11) is 0. The Bertz CT molecular complexity index is 310. The third-order valence-electron chi connectivity index (χ3n) is 3.32. The van der Waals surface area contributed by atoms with Crippen molar-refractivity contribution in [3.05, 3.63) is 0 Å². The second-order valence-electron chi connectivity index (χ2n) is 6.09. The molecule has 0 aromatic heterocycles. The Kier molecular flexibility index (Phi) is 7.72. The number of hydrogen-bond donors (Lipinski definition) is 0. The fraction of sp³-hybridized carbons (Fsp3) is 0.875. The van der Waals surface area contributed by atoms with Crippen LogP contribution in [0, 0.1) is 5.92 Å². The van der Waals surface area contributed by atoms with Crippen molar-refractivity contribution in [2.24, 2.45) is 5.92 Å². The van der Waals surface area contributed by atoms with Crippen LogP contribution in [-0.2, 0) is 23.8 Å². The maximum atomic E-state index is 12.0. The lowest BCUT2D eigenvalue weighted by Gasteiger charge is -2.19. The van der Waals surface area contributed by atoms with Gasteiger partial charge in [-0.2, -0.15) is 0 Å². The lowest BCUT2D eigenvalue weighted by molar-refractivity contribution is -0.166. The van der Waals surface area contributed by atoms with Crippen LogP contribution in [0.3, 0.4) is 0 Å². The predicted molar refractivity (Wildman–Crippen MR) is 78.8 cm³/mol. The van der Waals surface area contributed by atoms with E-state index < -0.39 is 17.9 Å². The molecule has 1 fully saturated rings. The molecule has 1 heterocycles. The highest BCUT2D eigenvalue weighted by molar-refractivity contribution is 5.95. The first-order valence-electron chi connectivity index (χ1n) is 7.92. The number of esters is 2. The summed E-state index contributed by atoms with van der Waals surface area (Å²) in [5.74, 6) is -1.79. The molecule has 1 aliphatic rings. The number of hydrogen-bond acceptors (Lipinski definition) is 5. The molecule has 0 aromatic rings. The van der Waals surface area contributed by atoms with Gasteiger partial charge in [0.2, 0.25) is 0 Å². The fourth-order valence-corrected chi connectivity index (χ4v) is 2.38. The van der Waals surface area contributed by atoms with Crippen molar-refractivity contribution in [2.45, 2.75) is 78.1 Å². The van der Waals surface area contributed by atoms with E-state index in [1.807, 2.05) is 0 Å².